The first-order chi connectivity index (χ1) is 16.6. The van der Waals surface area contributed by atoms with E-state index in [0.29, 0.717) is 45.1 Å². The molecule has 34 heavy (non-hydrogen) atoms. The van der Waals surface area contributed by atoms with E-state index < -0.39 is 0 Å². The second-order valence-electron chi connectivity index (χ2n) is 9.90. The van der Waals surface area contributed by atoms with Crippen molar-refractivity contribution in [2.24, 2.45) is 5.92 Å². The number of urea groups is 1. The number of likely N-dealkylation sites (tertiary alicyclic amines) is 2. The third kappa shape index (κ3) is 6.84. The van der Waals surface area contributed by atoms with Gasteiger partial charge in [0.25, 0.3) is 0 Å². The lowest BCUT2D eigenvalue weighted by molar-refractivity contribution is -0.140. The predicted molar refractivity (Wildman–Crippen MR) is 133 cm³/mol. The normalized spacial score (nSPS) is 20.9. The largest absolute Gasteiger partial charge is 0.342 e. The van der Waals surface area contributed by atoms with Crippen LogP contribution in [0.5, 0.6) is 0 Å². The van der Waals surface area contributed by atoms with E-state index in [1.165, 1.54) is 19.3 Å². The Hall–Kier alpha value is -2.83. The second kappa shape index (κ2) is 12.0. The van der Waals surface area contributed by atoms with Gasteiger partial charge in [-0.15, -0.1) is 0 Å². The molecule has 7 nitrogen and oxygen atoms in total. The van der Waals surface area contributed by atoms with Gasteiger partial charge in [0.1, 0.15) is 0 Å². The van der Waals surface area contributed by atoms with Crippen LogP contribution in [0, 0.1) is 5.92 Å². The first-order valence-corrected chi connectivity index (χ1v) is 13.0. The summed E-state index contributed by atoms with van der Waals surface area (Å²) in [4.78, 5) is 41.7. The molecule has 0 unspecified atom stereocenters. The maximum Gasteiger partial charge on any atom is 0.315 e. The van der Waals surface area contributed by atoms with E-state index >= 15 is 0 Å². The fourth-order valence-electron chi connectivity index (χ4n) is 5.35. The van der Waals surface area contributed by atoms with E-state index in [1.54, 1.807) is 6.08 Å². The molecular formula is C27H38N4O3. The second-order valence-corrected chi connectivity index (χ2v) is 9.90. The number of hydrogen-bond donors (Lipinski definition) is 2. The molecule has 2 heterocycles. The summed E-state index contributed by atoms with van der Waals surface area (Å²) >= 11 is 0. The average Bonchev–Trinajstić information content (AvgIpc) is 2.88. The summed E-state index contributed by atoms with van der Waals surface area (Å²) < 4.78 is 0. The molecule has 0 radical (unpaired) electrons. The van der Waals surface area contributed by atoms with Crippen LogP contribution in [0.2, 0.25) is 0 Å². The highest BCUT2D eigenvalue weighted by Crippen LogP contribution is 2.23. The minimum absolute atomic E-state index is 0.00754. The molecule has 1 aromatic rings. The molecule has 1 aromatic carbocycles. The van der Waals surface area contributed by atoms with Gasteiger partial charge in [-0.2, -0.15) is 0 Å². The van der Waals surface area contributed by atoms with Crippen molar-refractivity contribution < 1.29 is 14.4 Å². The third-order valence-corrected chi connectivity index (χ3v) is 7.46. The molecule has 0 bridgehead atoms. The van der Waals surface area contributed by atoms with E-state index in [-0.39, 0.29) is 29.8 Å². The van der Waals surface area contributed by atoms with Crippen LogP contribution in [0.25, 0.3) is 6.08 Å². The van der Waals surface area contributed by atoms with Gasteiger partial charge in [-0.1, -0.05) is 49.6 Å². The van der Waals surface area contributed by atoms with Gasteiger partial charge >= 0.3 is 6.03 Å². The summed E-state index contributed by atoms with van der Waals surface area (Å²) in [6, 6.07) is 10.2. The number of carbonyl (C=O) groups excluding carboxylic acids is 3. The SMILES string of the molecule is O=C(NC1CCCCC1)NC1CCN(C(=O)C2CCN(C(=O)/C=C/c3ccccc3)CC2)CC1. The fourth-order valence-corrected chi connectivity index (χ4v) is 5.35. The van der Waals surface area contributed by atoms with Gasteiger partial charge in [0, 0.05) is 50.3 Å². The summed E-state index contributed by atoms with van der Waals surface area (Å²) in [6.45, 7) is 2.61. The van der Waals surface area contributed by atoms with E-state index in [1.807, 2.05) is 46.2 Å². The van der Waals surface area contributed by atoms with Crippen molar-refractivity contribution in [1.82, 2.24) is 20.4 Å². The van der Waals surface area contributed by atoms with E-state index in [9.17, 15) is 14.4 Å². The van der Waals surface area contributed by atoms with Crippen molar-refractivity contribution in [2.75, 3.05) is 26.2 Å². The van der Waals surface area contributed by atoms with E-state index in [2.05, 4.69) is 10.6 Å². The summed E-state index contributed by atoms with van der Waals surface area (Å²) in [5, 5.41) is 6.22. The quantitative estimate of drug-likeness (QED) is 0.651. The van der Waals surface area contributed by atoms with Crippen LogP contribution in [0.1, 0.15) is 63.4 Å². The molecule has 2 N–H and O–H groups in total. The van der Waals surface area contributed by atoms with Crippen molar-refractivity contribution in [2.45, 2.75) is 69.9 Å². The summed E-state index contributed by atoms with van der Waals surface area (Å²) in [7, 11) is 0. The zero-order valence-electron chi connectivity index (χ0n) is 20.1. The smallest absolute Gasteiger partial charge is 0.315 e. The molecule has 4 amide bonds. The van der Waals surface area contributed by atoms with Crippen LogP contribution in [-0.2, 0) is 9.59 Å². The highest BCUT2D eigenvalue weighted by atomic mass is 16.2. The molecule has 0 aromatic heterocycles. The number of nitrogens with one attached hydrogen (secondary N) is 2. The topological polar surface area (TPSA) is 81.8 Å². The van der Waals surface area contributed by atoms with Crippen molar-refractivity contribution in [3.63, 3.8) is 0 Å². The van der Waals surface area contributed by atoms with Gasteiger partial charge in [-0.25, -0.2) is 4.79 Å². The fraction of sp³-hybridized carbons (Fsp3) is 0.593. The number of benzene rings is 1. The lowest BCUT2D eigenvalue weighted by Gasteiger charge is -2.37. The Morgan fingerprint density at radius 2 is 1.32 bits per heavy atom. The Morgan fingerprint density at radius 3 is 1.97 bits per heavy atom. The Morgan fingerprint density at radius 1 is 0.735 bits per heavy atom. The van der Waals surface area contributed by atoms with Crippen LogP contribution in [0.4, 0.5) is 4.79 Å². The van der Waals surface area contributed by atoms with Crippen LogP contribution in [0.15, 0.2) is 36.4 Å². The molecule has 184 valence electrons. The summed E-state index contributed by atoms with van der Waals surface area (Å²) in [6.07, 6.45) is 12.3. The zero-order chi connectivity index (χ0) is 23.8. The molecule has 4 rings (SSSR count). The number of hydrogen-bond acceptors (Lipinski definition) is 3. The van der Waals surface area contributed by atoms with Gasteiger partial charge in [0.05, 0.1) is 0 Å². The Labute approximate surface area is 202 Å². The van der Waals surface area contributed by atoms with Gasteiger partial charge < -0.3 is 20.4 Å². The maximum atomic E-state index is 13.0. The number of nitrogens with zero attached hydrogens (tertiary/aromatic N) is 2. The summed E-state index contributed by atoms with van der Waals surface area (Å²) in [5.74, 6) is 0.200. The molecule has 2 aliphatic heterocycles. The van der Waals surface area contributed by atoms with Gasteiger partial charge in [0.15, 0.2) is 0 Å². The monoisotopic (exact) mass is 466 g/mol. The van der Waals surface area contributed by atoms with Gasteiger partial charge in [-0.3, -0.25) is 9.59 Å². The average molecular weight is 467 g/mol. The molecule has 0 spiro atoms. The van der Waals surface area contributed by atoms with Crippen LogP contribution in [0.3, 0.4) is 0 Å². The minimum atomic E-state index is -0.0602. The van der Waals surface area contributed by atoms with Crippen molar-refractivity contribution in [3.05, 3.63) is 42.0 Å². The minimum Gasteiger partial charge on any atom is -0.342 e. The summed E-state index contributed by atoms with van der Waals surface area (Å²) in [5.41, 5.74) is 1.00. The molecule has 7 heteroatoms. The molecule has 0 atom stereocenters. The number of carbonyl (C=O) groups is 3. The lowest BCUT2D eigenvalue weighted by Crippen LogP contribution is -2.52. The lowest BCUT2D eigenvalue weighted by atomic mass is 9.93. The number of amides is 4. The number of piperidine rings is 2. The van der Waals surface area contributed by atoms with Crippen molar-refractivity contribution >= 4 is 23.9 Å². The van der Waals surface area contributed by atoms with Crippen molar-refractivity contribution in [3.8, 4) is 0 Å². The highest BCUT2D eigenvalue weighted by Gasteiger charge is 2.32. The Kier molecular flexibility index (Phi) is 8.61. The molecule has 2 saturated heterocycles. The first kappa shape index (κ1) is 24.3. The molecular weight excluding hydrogens is 428 g/mol. The van der Waals surface area contributed by atoms with Crippen molar-refractivity contribution in [1.29, 1.82) is 0 Å². The first-order valence-electron chi connectivity index (χ1n) is 13.0. The van der Waals surface area contributed by atoms with E-state index in [0.717, 1.165) is 31.2 Å². The Balaban J connectivity index is 1.15. The molecule has 3 aliphatic rings. The zero-order valence-corrected chi connectivity index (χ0v) is 20.1. The molecule has 1 aliphatic carbocycles. The molecule has 3 fully saturated rings. The third-order valence-electron chi connectivity index (χ3n) is 7.46. The predicted octanol–water partition coefficient (Wildman–Crippen LogP) is 3.56. The van der Waals surface area contributed by atoms with Crippen LogP contribution >= 0.6 is 0 Å². The molecule has 1 saturated carbocycles. The van der Waals surface area contributed by atoms with Gasteiger partial charge in [0.2, 0.25) is 11.8 Å². The van der Waals surface area contributed by atoms with Gasteiger partial charge in [-0.05, 0) is 50.2 Å². The van der Waals surface area contributed by atoms with E-state index in [4.69, 9.17) is 0 Å². The maximum absolute atomic E-state index is 13.0. The highest BCUT2D eigenvalue weighted by molar-refractivity contribution is 5.92. The standard InChI is InChI=1S/C27H38N4O3/c32-25(12-11-21-7-3-1-4-8-21)30-17-13-22(14-18-30)26(33)31-19-15-24(16-20-31)29-27(34)28-23-9-5-2-6-10-23/h1,3-4,7-8,11-12,22-24H,2,5-6,9-10,13-20H2,(H2,28,29,34)/b12-11+. The van der Waals surface area contributed by atoms with Crippen LogP contribution < -0.4 is 10.6 Å². The Bertz CT molecular complexity index is 850. The number of rotatable bonds is 5. The van der Waals surface area contributed by atoms with Crippen LogP contribution in [-0.4, -0.2) is 65.9 Å².